The van der Waals surface area contributed by atoms with Gasteiger partial charge in [0.1, 0.15) is 12.6 Å². The van der Waals surface area contributed by atoms with Crippen molar-refractivity contribution in [2.75, 3.05) is 23.9 Å². The van der Waals surface area contributed by atoms with Gasteiger partial charge < -0.3 is 10.2 Å². The maximum atomic E-state index is 14.0. The highest BCUT2D eigenvalue weighted by Crippen LogP contribution is 2.28. The molecule has 0 bridgehead atoms. The van der Waals surface area contributed by atoms with Gasteiger partial charge in [0.2, 0.25) is 11.8 Å². The van der Waals surface area contributed by atoms with Gasteiger partial charge in [0.15, 0.2) is 0 Å². The number of nitrogens with zero attached hydrogens (tertiary/aromatic N) is 2. The average Bonchev–Trinajstić information content (AvgIpc) is 2.95. The summed E-state index contributed by atoms with van der Waals surface area (Å²) in [7, 11) is -4.08. The number of benzene rings is 3. The monoisotopic (exact) mass is 563 g/mol. The molecule has 2 amide bonds. The van der Waals surface area contributed by atoms with E-state index in [1.165, 1.54) is 9.21 Å². The third-order valence-electron chi connectivity index (χ3n) is 6.87. The Morgan fingerprint density at radius 3 is 2.12 bits per heavy atom. The molecule has 0 saturated carbocycles. The third-order valence-corrected chi connectivity index (χ3v) is 8.64. The average molecular weight is 564 g/mol. The second-order valence-corrected chi connectivity index (χ2v) is 12.3. The first-order valence-corrected chi connectivity index (χ1v) is 15.3. The maximum absolute atomic E-state index is 14.0. The summed E-state index contributed by atoms with van der Waals surface area (Å²) in [6.45, 7) is 9.87. The van der Waals surface area contributed by atoms with Crippen molar-refractivity contribution in [2.45, 2.75) is 58.4 Å². The predicted molar refractivity (Wildman–Crippen MR) is 161 cm³/mol. The molecule has 0 spiro atoms. The molecule has 3 aromatic carbocycles. The molecular formula is C32H41N3O4S. The first-order valence-electron chi connectivity index (χ1n) is 13.8. The summed E-state index contributed by atoms with van der Waals surface area (Å²) in [5.74, 6) is -0.452. The van der Waals surface area contributed by atoms with E-state index in [0.717, 1.165) is 16.7 Å². The van der Waals surface area contributed by atoms with Crippen molar-refractivity contribution in [1.82, 2.24) is 10.2 Å². The Morgan fingerprint density at radius 2 is 1.50 bits per heavy atom. The van der Waals surface area contributed by atoms with Crippen LogP contribution in [0.25, 0.3) is 0 Å². The van der Waals surface area contributed by atoms with Gasteiger partial charge in [0.05, 0.1) is 10.6 Å². The number of nitrogens with one attached hydrogen (secondary N) is 1. The van der Waals surface area contributed by atoms with Gasteiger partial charge in [0.25, 0.3) is 10.0 Å². The van der Waals surface area contributed by atoms with Crippen LogP contribution in [0.15, 0.2) is 83.8 Å². The minimum absolute atomic E-state index is 0.107. The van der Waals surface area contributed by atoms with E-state index in [-0.39, 0.29) is 23.3 Å². The Hall–Kier alpha value is -3.65. The Kier molecular flexibility index (Phi) is 10.9. The fourth-order valence-corrected chi connectivity index (χ4v) is 5.88. The highest BCUT2D eigenvalue weighted by molar-refractivity contribution is 7.92. The number of hydrogen-bond donors (Lipinski definition) is 1. The van der Waals surface area contributed by atoms with Crippen LogP contribution < -0.4 is 9.62 Å². The summed E-state index contributed by atoms with van der Waals surface area (Å²) in [6.07, 6.45) is 1.13. The number of aryl methyl sites for hydroxylation is 2. The topological polar surface area (TPSA) is 86.8 Å². The minimum atomic E-state index is -4.08. The molecule has 0 aliphatic heterocycles. The number of carbonyl (C=O) groups is 2. The molecule has 1 atom stereocenters. The van der Waals surface area contributed by atoms with Crippen LogP contribution in [0.2, 0.25) is 0 Å². The van der Waals surface area contributed by atoms with E-state index in [4.69, 9.17) is 0 Å². The van der Waals surface area contributed by atoms with E-state index in [1.54, 1.807) is 43.3 Å². The van der Waals surface area contributed by atoms with Gasteiger partial charge in [-0.25, -0.2) is 8.42 Å². The molecular weight excluding hydrogens is 522 g/mol. The van der Waals surface area contributed by atoms with Crippen LogP contribution in [0.4, 0.5) is 5.69 Å². The van der Waals surface area contributed by atoms with E-state index in [2.05, 4.69) is 5.32 Å². The van der Waals surface area contributed by atoms with Crippen LogP contribution in [0, 0.1) is 12.8 Å². The van der Waals surface area contributed by atoms with E-state index >= 15 is 0 Å². The van der Waals surface area contributed by atoms with Crippen molar-refractivity contribution < 1.29 is 18.0 Å². The van der Waals surface area contributed by atoms with Crippen molar-refractivity contribution in [3.05, 3.63) is 95.6 Å². The van der Waals surface area contributed by atoms with Gasteiger partial charge in [-0.2, -0.15) is 0 Å². The van der Waals surface area contributed by atoms with Crippen molar-refractivity contribution in [2.24, 2.45) is 5.92 Å². The predicted octanol–water partition coefficient (Wildman–Crippen LogP) is 4.98. The van der Waals surface area contributed by atoms with Crippen LogP contribution in [0.1, 0.15) is 44.4 Å². The first kappa shape index (κ1) is 30.9. The highest BCUT2D eigenvalue weighted by Gasteiger charge is 2.33. The van der Waals surface area contributed by atoms with Crippen LogP contribution >= 0.6 is 0 Å². The molecule has 40 heavy (non-hydrogen) atoms. The van der Waals surface area contributed by atoms with Crippen LogP contribution in [0.3, 0.4) is 0 Å². The van der Waals surface area contributed by atoms with Gasteiger partial charge >= 0.3 is 0 Å². The van der Waals surface area contributed by atoms with Gasteiger partial charge in [-0.1, -0.05) is 87.0 Å². The van der Waals surface area contributed by atoms with Crippen molar-refractivity contribution in [1.29, 1.82) is 0 Å². The third kappa shape index (κ3) is 7.94. The maximum Gasteiger partial charge on any atom is 0.264 e. The van der Waals surface area contributed by atoms with E-state index in [1.807, 2.05) is 70.2 Å². The number of amides is 2. The molecule has 3 rings (SSSR count). The molecule has 8 heteroatoms. The molecule has 1 N–H and O–H groups in total. The van der Waals surface area contributed by atoms with Gasteiger partial charge in [-0.15, -0.1) is 0 Å². The van der Waals surface area contributed by atoms with Crippen LogP contribution in [-0.4, -0.2) is 50.8 Å². The zero-order valence-corrected chi connectivity index (χ0v) is 24.9. The summed E-state index contributed by atoms with van der Waals surface area (Å²) in [6, 6.07) is 22.8. The van der Waals surface area contributed by atoms with E-state index < -0.39 is 28.5 Å². The molecule has 0 aliphatic rings. The minimum Gasteiger partial charge on any atom is -0.354 e. The smallest absolute Gasteiger partial charge is 0.264 e. The molecule has 1 unspecified atom stereocenters. The highest BCUT2D eigenvalue weighted by atomic mass is 32.2. The van der Waals surface area contributed by atoms with Gasteiger partial charge in [0, 0.05) is 13.1 Å². The lowest BCUT2D eigenvalue weighted by molar-refractivity contribution is -0.138. The number of sulfonamides is 1. The Bertz CT molecular complexity index is 1370. The number of carbonyl (C=O) groups excluding carboxylic acids is 2. The largest absolute Gasteiger partial charge is 0.354 e. The van der Waals surface area contributed by atoms with E-state index in [0.29, 0.717) is 25.1 Å². The molecule has 0 radical (unpaired) electrons. The van der Waals surface area contributed by atoms with Crippen molar-refractivity contribution in [3.8, 4) is 0 Å². The van der Waals surface area contributed by atoms with Gasteiger partial charge in [-0.3, -0.25) is 13.9 Å². The quantitative estimate of drug-likeness (QED) is 0.318. The van der Waals surface area contributed by atoms with Gasteiger partial charge in [-0.05, 0) is 61.9 Å². The fraction of sp³-hybridized carbons (Fsp3) is 0.375. The molecule has 0 saturated heterocycles. The van der Waals surface area contributed by atoms with E-state index in [9.17, 15) is 18.0 Å². The second-order valence-electron chi connectivity index (χ2n) is 10.4. The van der Waals surface area contributed by atoms with Crippen molar-refractivity contribution in [3.63, 3.8) is 0 Å². The lowest BCUT2D eigenvalue weighted by Crippen LogP contribution is -2.52. The molecule has 214 valence electrons. The Labute approximate surface area is 239 Å². The summed E-state index contributed by atoms with van der Waals surface area (Å²) >= 11 is 0. The second kappa shape index (κ2) is 14.1. The number of hydrogen-bond acceptors (Lipinski definition) is 4. The van der Waals surface area contributed by atoms with Crippen LogP contribution in [0.5, 0.6) is 0 Å². The molecule has 7 nitrogen and oxygen atoms in total. The molecule has 0 aromatic heterocycles. The zero-order valence-electron chi connectivity index (χ0n) is 24.1. The number of rotatable bonds is 13. The normalized spacial score (nSPS) is 12.2. The SMILES string of the molecule is CCc1ccccc1N(CC(=O)N(CCc1ccccc1)C(C)C(=O)NCC(C)C)S(=O)(=O)c1ccc(C)cc1. The number of para-hydroxylation sites is 1. The fourth-order valence-electron chi connectivity index (χ4n) is 4.43. The summed E-state index contributed by atoms with van der Waals surface area (Å²) in [5.41, 5.74) is 3.22. The summed E-state index contributed by atoms with van der Waals surface area (Å²) in [4.78, 5) is 28.7. The Morgan fingerprint density at radius 1 is 0.875 bits per heavy atom. The molecule has 3 aromatic rings. The molecule has 0 heterocycles. The number of anilines is 1. The Balaban J connectivity index is 2.00. The molecule has 0 aliphatic carbocycles. The van der Waals surface area contributed by atoms with Crippen molar-refractivity contribution >= 4 is 27.5 Å². The lowest BCUT2D eigenvalue weighted by atomic mass is 10.1. The zero-order chi connectivity index (χ0) is 29.3. The standard InChI is InChI=1S/C32H41N3O4S/c1-6-28-14-10-11-15-30(28)35(40(38,39)29-18-16-25(4)17-19-29)23-31(36)34(21-20-27-12-8-7-9-13-27)26(5)32(37)33-22-24(2)3/h7-19,24,26H,6,20-23H2,1-5H3,(H,33,37). The first-order chi connectivity index (χ1) is 19.0. The van der Waals surface area contributed by atoms with Crippen LogP contribution in [-0.2, 0) is 32.5 Å². The lowest BCUT2D eigenvalue weighted by Gasteiger charge is -2.32. The molecule has 0 fully saturated rings. The summed E-state index contributed by atoms with van der Waals surface area (Å²) < 4.78 is 29.2. The summed E-state index contributed by atoms with van der Waals surface area (Å²) in [5, 5.41) is 2.92.